The molecule has 4 nitrogen and oxygen atoms in total. The average Bonchev–Trinajstić information content (AvgIpc) is 2.42. The molecule has 0 saturated heterocycles. The molecule has 0 saturated carbocycles. The van der Waals surface area contributed by atoms with Gasteiger partial charge in [0.15, 0.2) is 0 Å². The van der Waals surface area contributed by atoms with Crippen LogP contribution in [0.25, 0.3) is 0 Å². The minimum absolute atomic E-state index is 0.148. The number of aliphatic hydroxyl groups excluding tert-OH is 1. The number of amides is 1. The average molecular weight is 282 g/mol. The maximum Gasteiger partial charge on any atom is 0.251 e. The van der Waals surface area contributed by atoms with Crippen molar-refractivity contribution in [3.05, 3.63) is 29.1 Å². The second-order valence-corrected chi connectivity index (χ2v) is 5.03. The van der Waals surface area contributed by atoms with Gasteiger partial charge in [0.25, 0.3) is 5.91 Å². The fourth-order valence-corrected chi connectivity index (χ4v) is 2.13. The number of hydrogen-bond acceptors (Lipinski definition) is 3. The fraction of sp³-hybridized carbons (Fsp3) is 0.533. The molecule has 5 heteroatoms. The number of benzene rings is 1. The van der Waals surface area contributed by atoms with Gasteiger partial charge in [0.1, 0.15) is 5.82 Å². The number of nitrogens with two attached hydrogens (primary N) is 1. The van der Waals surface area contributed by atoms with Crippen LogP contribution in [0.1, 0.15) is 42.6 Å². The summed E-state index contributed by atoms with van der Waals surface area (Å²) in [5.41, 5.74) is 6.38. The van der Waals surface area contributed by atoms with E-state index < -0.39 is 17.8 Å². The zero-order valence-corrected chi connectivity index (χ0v) is 12.2. The van der Waals surface area contributed by atoms with Gasteiger partial charge in [-0.05, 0) is 25.0 Å². The van der Waals surface area contributed by atoms with Crippen molar-refractivity contribution in [1.82, 2.24) is 5.32 Å². The van der Waals surface area contributed by atoms with E-state index in [1.807, 2.05) is 13.8 Å². The Morgan fingerprint density at radius 2 is 2.00 bits per heavy atom. The Morgan fingerprint density at radius 1 is 1.40 bits per heavy atom. The quantitative estimate of drug-likeness (QED) is 0.700. The van der Waals surface area contributed by atoms with Crippen molar-refractivity contribution in [3.63, 3.8) is 0 Å². The number of carbonyl (C=O) groups is 1. The van der Waals surface area contributed by atoms with Crippen LogP contribution in [-0.4, -0.2) is 23.7 Å². The number of hydrogen-bond donors (Lipinski definition) is 3. The van der Waals surface area contributed by atoms with Crippen molar-refractivity contribution >= 4 is 11.6 Å². The van der Waals surface area contributed by atoms with Crippen molar-refractivity contribution in [2.45, 2.75) is 39.7 Å². The van der Waals surface area contributed by atoms with Gasteiger partial charge in [-0.1, -0.05) is 26.7 Å². The van der Waals surface area contributed by atoms with Crippen LogP contribution in [-0.2, 0) is 0 Å². The predicted octanol–water partition coefficient (Wildman–Crippen LogP) is 2.24. The molecule has 0 aliphatic rings. The Morgan fingerprint density at radius 3 is 2.50 bits per heavy atom. The monoisotopic (exact) mass is 282 g/mol. The van der Waals surface area contributed by atoms with E-state index >= 15 is 0 Å². The topological polar surface area (TPSA) is 75.3 Å². The Bertz CT molecular complexity index is 450. The molecule has 112 valence electrons. The summed E-state index contributed by atoms with van der Waals surface area (Å²) in [6, 6.07) is 2.60. The summed E-state index contributed by atoms with van der Waals surface area (Å²) in [7, 11) is 0. The van der Waals surface area contributed by atoms with Gasteiger partial charge in [0.2, 0.25) is 0 Å². The van der Waals surface area contributed by atoms with E-state index in [-0.39, 0.29) is 23.7 Å². The standard InChI is InChI=1S/C15H23FN2O2/c1-4-10(5-2)14(19)8-18-15(20)11-6-12(16)9(3)13(17)7-11/h6-7,10,14,19H,4-5,8,17H2,1-3H3,(H,18,20). The van der Waals surface area contributed by atoms with Crippen LogP contribution in [0.4, 0.5) is 10.1 Å². The number of nitrogens with one attached hydrogen (secondary N) is 1. The lowest BCUT2D eigenvalue weighted by atomic mass is 9.96. The maximum absolute atomic E-state index is 13.5. The van der Waals surface area contributed by atoms with E-state index in [0.29, 0.717) is 5.56 Å². The number of carbonyl (C=O) groups excluding carboxylic acids is 1. The normalized spacial score (nSPS) is 12.5. The summed E-state index contributed by atoms with van der Waals surface area (Å²) in [4.78, 5) is 11.9. The van der Waals surface area contributed by atoms with Crippen molar-refractivity contribution < 1.29 is 14.3 Å². The van der Waals surface area contributed by atoms with Crippen molar-refractivity contribution in [2.75, 3.05) is 12.3 Å². The molecule has 1 rings (SSSR count). The van der Waals surface area contributed by atoms with Crippen LogP contribution in [0.2, 0.25) is 0 Å². The van der Waals surface area contributed by atoms with Crippen LogP contribution in [0.15, 0.2) is 12.1 Å². The van der Waals surface area contributed by atoms with Gasteiger partial charge in [-0.25, -0.2) is 4.39 Å². The van der Waals surface area contributed by atoms with Gasteiger partial charge in [0, 0.05) is 23.4 Å². The number of anilines is 1. The van der Waals surface area contributed by atoms with Gasteiger partial charge < -0.3 is 16.2 Å². The van der Waals surface area contributed by atoms with Gasteiger partial charge in [-0.3, -0.25) is 4.79 Å². The van der Waals surface area contributed by atoms with E-state index in [1.54, 1.807) is 6.92 Å². The number of halogens is 1. The highest BCUT2D eigenvalue weighted by molar-refractivity contribution is 5.95. The Labute approximate surface area is 119 Å². The summed E-state index contributed by atoms with van der Waals surface area (Å²) in [6.45, 7) is 5.70. The van der Waals surface area contributed by atoms with Gasteiger partial charge in [-0.15, -0.1) is 0 Å². The summed E-state index contributed by atoms with van der Waals surface area (Å²) in [5.74, 6) is -0.786. The lowest BCUT2D eigenvalue weighted by molar-refractivity contribution is 0.0816. The predicted molar refractivity (Wildman–Crippen MR) is 78.0 cm³/mol. The Balaban J connectivity index is 2.68. The molecule has 0 aliphatic carbocycles. The highest BCUT2D eigenvalue weighted by atomic mass is 19.1. The highest BCUT2D eigenvalue weighted by Gasteiger charge is 2.17. The zero-order valence-electron chi connectivity index (χ0n) is 12.2. The molecular formula is C15H23FN2O2. The molecule has 1 aromatic rings. The minimum Gasteiger partial charge on any atom is -0.398 e. The molecule has 0 aliphatic heterocycles. The van der Waals surface area contributed by atoms with Crippen molar-refractivity contribution in [3.8, 4) is 0 Å². The molecule has 1 amide bonds. The third kappa shape index (κ3) is 3.93. The van der Waals surface area contributed by atoms with E-state index in [9.17, 15) is 14.3 Å². The van der Waals surface area contributed by atoms with Gasteiger partial charge >= 0.3 is 0 Å². The molecule has 0 spiro atoms. The molecule has 0 heterocycles. The minimum atomic E-state index is -0.596. The maximum atomic E-state index is 13.5. The first kappa shape index (κ1) is 16.4. The SMILES string of the molecule is CCC(CC)C(O)CNC(=O)c1cc(N)c(C)c(F)c1. The van der Waals surface area contributed by atoms with Crippen LogP contribution >= 0.6 is 0 Å². The smallest absolute Gasteiger partial charge is 0.251 e. The molecule has 20 heavy (non-hydrogen) atoms. The van der Waals surface area contributed by atoms with E-state index in [1.165, 1.54) is 6.07 Å². The van der Waals surface area contributed by atoms with E-state index in [0.717, 1.165) is 18.9 Å². The molecule has 1 atom stereocenters. The first-order valence-electron chi connectivity index (χ1n) is 6.92. The van der Waals surface area contributed by atoms with Gasteiger partial charge in [0.05, 0.1) is 6.10 Å². The molecule has 1 unspecified atom stereocenters. The number of aliphatic hydroxyl groups is 1. The van der Waals surface area contributed by atoms with Crippen LogP contribution in [0.3, 0.4) is 0 Å². The zero-order chi connectivity index (χ0) is 15.3. The van der Waals surface area contributed by atoms with Crippen LogP contribution < -0.4 is 11.1 Å². The molecule has 0 aromatic heterocycles. The van der Waals surface area contributed by atoms with Crippen LogP contribution in [0.5, 0.6) is 0 Å². The lowest BCUT2D eigenvalue weighted by Gasteiger charge is -2.20. The largest absolute Gasteiger partial charge is 0.398 e. The third-order valence-corrected chi connectivity index (χ3v) is 3.71. The third-order valence-electron chi connectivity index (χ3n) is 3.71. The van der Waals surface area contributed by atoms with E-state index in [4.69, 9.17) is 5.73 Å². The van der Waals surface area contributed by atoms with E-state index in [2.05, 4.69) is 5.32 Å². The number of rotatable bonds is 6. The summed E-state index contributed by atoms with van der Waals surface area (Å²) in [5, 5.41) is 12.6. The molecule has 0 radical (unpaired) electrons. The highest BCUT2D eigenvalue weighted by Crippen LogP contribution is 2.18. The molecular weight excluding hydrogens is 259 g/mol. The molecule has 1 aromatic carbocycles. The molecule has 0 fully saturated rings. The second-order valence-electron chi connectivity index (χ2n) is 5.03. The lowest BCUT2D eigenvalue weighted by Crippen LogP contribution is -2.36. The number of nitrogen functional groups attached to an aromatic ring is 1. The Hall–Kier alpha value is -1.62. The molecule has 4 N–H and O–H groups in total. The van der Waals surface area contributed by atoms with Crippen LogP contribution in [0, 0.1) is 18.7 Å². The summed E-state index contributed by atoms with van der Waals surface area (Å²) >= 11 is 0. The Kier molecular flexibility index (Phi) is 5.95. The summed E-state index contributed by atoms with van der Waals surface area (Å²) < 4.78 is 13.5. The van der Waals surface area contributed by atoms with Crippen molar-refractivity contribution in [1.29, 1.82) is 0 Å². The first-order valence-corrected chi connectivity index (χ1v) is 6.92. The van der Waals surface area contributed by atoms with Crippen molar-refractivity contribution in [2.24, 2.45) is 5.92 Å². The second kappa shape index (κ2) is 7.24. The molecule has 0 bridgehead atoms. The fourth-order valence-electron chi connectivity index (χ4n) is 2.13. The van der Waals surface area contributed by atoms with Gasteiger partial charge in [-0.2, -0.15) is 0 Å². The summed E-state index contributed by atoms with van der Waals surface area (Å²) in [6.07, 6.45) is 1.10. The first-order chi connectivity index (χ1) is 9.40.